The van der Waals surface area contributed by atoms with E-state index in [1.54, 1.807) is 12.2 Å². The van der Waals surface area contributed by atoms with E-state index >= 15 is 0 Å². The molecule has 0 aliphatic rings. The molecule has 0 aliphatic heterocycles. The second-order valence-corrected chi connectivity index (χ2v) is 5.44. The third-order valence-electron chi connectivity index (χ3n) is 3.71. The summed E-state index contributed by atoms with van der Waals surface area (Å²) in [6, 6.07) is 19.3. The third kappa shape index (κ3) is 2.92. The van der Waals surface area contributed by atoms with Crippen LogP contribution in [0.25, 0.3) is 34.1 Å². The first-order chi connectivity index (χ1) is 11.8. The molecule has 4 rings (SSSR count). The highest BCUT2D eigenvalue weighted by atomic mass is 16.3. The molecule has 0 aliphatic carbocycles. The van der Waals surface area contributed by atoms with E-state index in [2.05, 4.69) is 0 Å². The summed E-state index contributed by atoms with van der Waals surface area (Å²) < 4.78 is 11.3. The number of carbonyl (C=O) groups excluding carboxylic acids is 1. The van der Waals surface area contributed by atoms with Crippen LogP contribution in [0.5, 0.6) is 0 Å². The highest BCUT2D eigenvalue weighted by Crippen LogP contribution is 2.21. The Labute approximate surface area is 138 Å². The van der Waals surface area contributed by atoms with Gasteiger partial charge in [-0.3, -0.25) is 4.79 Å². The van der Waals surface area contributed by atoms with Gasteiger partial charge in [-0.25, -0.2) is 0 Å². The zero-order chi connectivity index (χ0) is 16.4. The molecule has 2 aromatic heterocycles. The van der Waals surface area contributed by atoms with E-state index < -0.39 is 0 Å². The molecule has 0 saturated heterocycles. The van der Waals surface area contributed by atoms with Crippen LogP contribution in [-0.2, 0) is 4.79 Å². The Hall–Kier alpha value is -3.33. The van der Waals surface area contributed by atoms with Crippen molar-refractivity contribution in [2.75, 3.05) is 0 Å². The highest BCUT2D eigenvalue weighted by Gasteiger charge is 2.01. The molecule has 0 atom stereocenters. The molecule has 0 saturated carbocycles. The molecule has 3 heteroatoms. The number of carbonyl (C=O) groups is 1. The van der Waals surface area contributed by atoms with Gasteiger partial charge in [-0.15, -0.1) is 0 Å². The molecule has 2 heterocycles. The van der Waals surface area contributed by atoms with Crippen molar-refractivity contribution in [3.8, 4) is 0 Å². The molecular weight excluding hydrogens is 300 g/mol. The molecule has 0 bridgehead atoms. The number of para-hydroxylation sites is 2. The summed E-state index contributed by atoms with van der Waals surface area (Å²) in [5.41, 5.74) is 1.62. The minimum absolute atomic E-state index is 0.129. The molecule has 4 aromatic rings. The summed E-state index contributed by atoms with van der Waals surface area (Å²) in [5, 5.41) is 2.03. The standard InChI is InChI=1S/C21H14O3/c22-17(9-11-18-13-15-5-1-3-7-20(15)23-18)10-12-19-14-16-6-2-4-8-21(16)24-19/h1-14H/b11-9+,12-10+. The first-order valence-corrected chi connectivity index (χ1v) is 7.65. The first-order valence-electron chi connectivity index (χ1n) is 7.65. The topological polar surface area (TPSA) is 43.4 Å². The Bertz CT molecular complexity index is 925. The molecule has 3 nitrogen and oxygen atoms in total. The van der Waals surface area contributed by atoms with Crippen LogP contribution in [0.1, 0.15) is 11.5 Å². The van der Waals surface area contributed by atoms with Gasteiger partial charge in [-0.1, -0.05) is 36.4 Å². The quantitative estimate of drug-likeness (QED) is 0.469. The third-order valence-corrected chi connectivity index (χ3v) is 3.71. The molecule has 0 amide bonds. The molecule has 0 fully saturated rings. The lowest BCUT2D eigenvalue weighted by molar-refractivity contribution is -0.110. The second kappa shape index (κ2) is 6.05. The Morgan fingerprint density at radius 2 is 1.17 bits per heavy atom. The van der Waals surface area contributed by atoms with Crippen molar-refractivity contribution in [3.63, 3.8) is 0 Å². The molecule has 24 heavy (non-hydrogen) atoms. The number of hydrogen-bond acceptors (Lipinski definition) is 3. The van der Waals surface area contributed by atoms with Gasteiger partial charge in [0, 0.05) is 10.8 Å². The predicted octanol–water partition coefficient (Wildman–Crippen LogP) is 5.47. The SMILES string of the molecule is O=C(/C=C/c1cc2ccccc2o1)/C=C/c1cc2ccccc2o1. The van der Waals surface area contributed by atoms with Crippen LogP contribution in [0.3, 0.4) is 0 Å². The summed E-state index contributed by atoms with van der Waals surface area (Å²) in [5.74, 6) is 1.18. The number of hydrogen-bond donors (Lipinski definition) is 0. The normalized spacial score (nSPS) is 12.0. The van der Waals surface area contributed by atoms with Gasteiger partial charge >= 0.3 is 0 Å². The summed E-state index contributed by atoms with van der Waals surface area (Å²) in [7, 11) is 0. The Morgan fingerprint density at radius 1 is 0.708 bits per heavy atom. The van der Waals surface area contributed by atoms with E-state index in [0.717, 1.165) is 21.9 Å². The van der Waals surface area contributed by atoms with Crippen LogP contribution in [0.15, 0.2) is 81.7 Å². The predicted molar refractivity (Wildman–Crippen MR) is 95.5 cm³/mol. The largest absolute Gasteiger partial charge is 0.457 e. The average Bonchev–Trinajstić information content (AvgIpc) is 3.21. The van der Waals surface area contributed by atoms with Gasteiger partial charge in [0.05, 0.1) is 0 Å². The molecular formula is C21H14O3. The number of furan rings is 2. The van der Waals surface area contributed by atoms with Crippen molar-refractivity contribution in [2.24, 2.45) is 0 Å². The van der Waals surface area contributed by atoms with Crippen LogP contribution in [0.2, 0.25) is 0 Å². The van der Waals surface area contributed by atoms with E-state index in [1.165, 1.54) is 12.2 Å². The van der Waals surface area contributed by atoms with E-state index in [0.29, 0.717) is 11.5 Å². The fourth-order valence-corrected chi connectivity index (χ4v) is 2.55. The molecule has 0 spiro atoms. The maximum absolute atomic E-state index is 12.0. The lowest BCUT2D eigenvalue weighted by Gasteiger charge is -1.85. The average molecular weight is 314 g/mol. The molecule has 0 radical (unpaired) electrons. The molecule has 0 unspecified atom stereocenters. The van der Waals surface area contributed by atoms with E-state index in [1.807, 2.05) is 60.7 Å². The summed E-state index contributed by atoms with van der Waals surface area (Å²) in [4.78, 5) is 12.0. The minimum atomic E-state index is -0.129. The number of ketones is 1. The van der Waals surface area contributed by atoms with Gasteiger partial charge in [0.2, 0.25) is 0 Å². The maximum Gasteiger partial charge on any atom is 0.178 e. The maximum atomic E-state index is 12.0. The van der Waals surface area contributed by atoms with Gasteiger partial charge in [0.1, 0.15) is 22.7 Å². The van der Waals surface area contributed by atoms with E-state index in [9.17, 15) is 4.79 Å². The molecule has 2 aromatic carbocycles. The number of fused-ring (bicyclic) bond motifs is 2. The number of rotatable bonds is 4. The van der Waals surface area contributed by atoms with Crippen LogP contribution in [-0.4, -0.2) is 5.78 Å². The first kappa shape index (κ1) is 14.3. The van der Waals surface area contributed by atoms with Crippen molar-refractivity contribution in [3.05, 3.63) is 84.3 Å². The Kier molecular flexibility index (Phi) is 3.60. The lowest BCUT2D eigenvalue weighted by atomic mass is 10.2. The van der Waals surface area contributed by atoms with Crippen molar-refractivity contribution < 1.29 is 13.6 Å². The van der Waals surface area contributed by atoms with Gasteiger partial charge in [0.25, 0.3) is 0 Å². The van der Waals surface area contributed by atoms with Crippen LogP contribution < -0.4 is 0 Å². The zero-order valence-corrected chi connectivity index (χ0v) is 12.8. The lowest BCUT2D eigenvalue weighted by Crippen LogP contribution is -1.83. The van der Waals surface area contributed by atoms with Gasteiger partial charge < -0.3 is 8.83 Å². The number of benzene rings is 2. The van der Waals surface area contributed by atoms with Crippen molar-refractivity contribution in [1.29, 1.82) is 0 Å². The monoisotopic (exact) mass is 314 g/mol. The second-order valence-electron chi connectivity index (χ2n) is 5.44. The molecule has 116 valence electrons. The smallest absolute Gasteiger partial charge is 0.178 e. The van der Waals surface area contributed by atoms with Crippen LogP contribution >= 0.6 is 0 Å². The number of allylic oxidation sites excluding steroid dienone is 2. The minimum Gasteiger partial charge on any atom is -0.457 e. The van der Waals surface area contributed by atoms with Gasteiger partial charge in [-0.05, 0) is 48.6 Å². The summed E-state index contributed by atoms with van der Waals surface area (Å²) in [6.07, 6.45) is 6.31. The fourth-order valence-electron chi connectivity index (χ4n) is 2.55. The highest BCUT2D eigenvalue weighted by molar-refractivity contribution is 6.04. The summed E-state index contributed by atoms with van der Waals surface area (Å²) >= 11 is 0. The van der Waals surface area contributed by atoms with Crippen molar-refractivity contribution in [1.82, 2.24) is 0 Å². The van der Waals surface area contributed by atoms with Crippen molar-refractivity contribution >= 4 is 39.9 Å². The Balaban J connectivity index is 1.49. The van der Waals surface area contributed by atoms with Gasteiger partial charge in [-0.2, -0.15) is 0 Å². The van der Waals surface area contributed by atoms with E-state index in [4.69, 9.17) is 8.83 Å². The fraction of sp³-hybridized carbons (Fsp3) is 0. The summed E-state index contributed by atoms with van der Waals surface area (Å²) in [6.45, 7) is 0. The van der Waals surface area contributed by atoms with Crippen LogP contribution in [0, 0.1) is 0 Å². The van der Waals surface area contributed by atoms with Crippen molar-refractivity contribution in [2.45, 2.75) is 0 Å². The Morgan fingerprint density at radius 3 is 1.62 bits per heavy atom. The molecule has 0 N–H and O–H groups in total. The van der Waals surface area contributed by atoms with Crippen LogP contribution in [0.4, 0.5) is 0 Å². The zero-order valence-electron chi connectivity index (χ0n) is 12.8. The van der Waals surface area contributed by atoms with E-state index in [-0.39, 0.29) is 5.78 Å². The van der Waals surface area contributed by atoms with Gasteiger partial charge in [0.15, 0.2) is 5.78 Å².